The molecule has 24 heavy (non-hydrogen) atoms. The van der Waals surface area contributed by atoms with Crippen molar-refractivity contribution in [3.05, 3.63) is 0 Å². The molecule has 0 heterocycles. The van der Waals surface area contributed by atoms with Crippen molar-refractivity contribution in [2.24, 2.45) is 11.7 Å². The summed E-state index contributed by atoms with van der Waals surface area (Å²) in [5, 5.41) is 2.84. The van der Waals surface area contributed by atoms with Gasteiger partial charge in [-0.15, -0.1) is 0 Å². The van der Waals surface area contributed by atoms with Gasteiger partial charge in [-0.1, -0.05) is 13.8 Å². The molecule has 7 nitrogen and oxygen atoms in total. The van der Waals surface area contributed by atoms with Crippen LogP contribution in [0.4, 0.5) is 0 Å². The Balaban J connectivity index is 3.12. The number of hydrogen-bond acceptors (Lipinski definition) is 6. The van der Waals surface area contributed by atoms with Crippen LogP contribution in [0, 0.1) is 5.92 Å². The highest BCUT2D eigenvalue weighted by molar-refractivity contribution is 5.77. The maximum absolute atomic E-state index is 11.5. The minimum atomic E-state index is -0.0725. The number of amides is 1. The van der Waals surface area contributed by atoms with E-state index >= 15 is 0 Å². The van der Waals surface area contributed by atoms with Gasteiger partial charge in [0, 0.05) is 13.2 Å². The van der Waals surface area contributed by atoms with Crippen LogP contribution in [0.5, 0.6) is 0 Å². The molecule has 144 valence electrons. The van der Waals surface area contributed by atoms with Crippen LogP contribution in [-0.2, 0) is 23.7 Å². The minimum absolute atomic E-state index is 0.0725. The predicted molar refractivity (Wildman–Crippen MR) is 94.0 cm³/mol. The third kappa shape index (κ3) is 19.3. The van der Waals surface area contributed by atoms with Gasteiger partial charge in [0.15, 0.2) is 0 Å². The molecule has 0 aromatic rings. The zero-order valence-electron chi connectivity index (χ0n) is 15.4. The summed E-state index contributed by atoms with van der Waals surface area (Å²) >= 11 is 0. The summed E-state index contributed by atoms with van der Waals surface area (Å²) in [6.07, 6.45) is 3.00. The molecule has 0 saturated heterocycles. The number of carbonyl (C=O) groups excluding carboxylic acids is 1. The fourth-order valence-electron chi connectivity index (χ4n) is 1.80. The molecule has 0 aromatic carbocycles. The van der Waals surface area contributed by atoms with Gasteiger partial charge in [-0.2, -0.15) is 0 Å². The van der Waals surface area contributed by atoms with Crippen molar-refractivity contribution < 1.29 is 23.7 Å². The average Bonchev–Trinajstić information content (AvgIpc) is 2.55. The summed E-state index contributed by atoms with van der Waals surface area (Å²) in [5.74, 6) is 0.597. The molecule has 0 fully saturated rings. The number of carbonyl (C=O) groups is 1. The smallest absolute Gasteiger partial charge is 0.245 e. The number of rotatable bonds is 18. The molecule has 0 radical (unpaired) electrons. The standard InChI is InChI=1S/C17H36N2O5/c1-16(2)5-3-7-19-17(20)15-24-14-13-23-12-11-22-10-9-21-8-4-6-18/h16H,3-15,18H2,1-2H3,(H,19,20). The van der Waals surface area contributed by atoms with Gasteiger partial charge in [0.1, 0.15) is 6.61 Å². The molecule has 0 unspecified atom stereocenters. The molecule has 0 aliphatic heterocycles. The largest absolute Gasteiger partial charge is 0.379 e. The van der Waals surface area contributed by atoms with Crippen molar-refractivity contribution in [2.45, 2.75) is 33.1 Å². The molecule has 0 aromatic heterocycles. The van der Waals surface area contributed by atoms with Crippen molar-refractivity contribution in [2.75, 3.05) is 65.9 Å². The Morgan fingerprint density at radius 3 is 1.96 bits per heavy atom. The molecule has 0 saturated carbocycles. The normalized spacial score (nSPS) is 11.2. The van der Waals surface area contributed by atoms with Crippen molar-refractivity contribution in [3.8, 4) is 0 Å². The SMILES string of the molecule is CC(C)CCCNC(=O)COCCOCCOCCOCCCN. The summed E-state index contributed by atoms with van der Waals surface area (Å²) in [6.45, 7) is 9.50. The second-order valence-corrected chi connectivity index (χ2v) is 5.92. The topological polar surface area (TPSA) is 92.0 Å². The Bertz CT molecular complexity index is 278. The van der Waals surface area contributed by atoms with Crippen LogP contribution < -0.4 is 11.1 Å². The third-order valence-electron chi connectivity index (χ3n) is 3.12. The molecule has 0 bridgehead atoms. The van der Waals surface area contributed by atoms with E-state index in [2.05, 4.69) is 19.2 Å². The van der Waals surface area contributed by atoms with Crippen LogP contribution in [0.1, 0.15) is 33.1 Å². The lowest BCUT2D eigenvalue weighted by atomic mass is 10.1. The highest BCUT2D eigenvalue weighted by Gasteiger charge is 2.01. The van der Waals surface area contributed by atoms with Gasteiger partial charge in [-0.3, -0.25) is 4.79 Å². The first-order chi connectivity index (χ1) is 11.7. The average molecular weight is 348 g/mol. The fourth-order valence-corrected chi connectivity index (χ4v) is 1.80. The lowest BCUT2D eigenvalue weighted by Gasteiger charge is -2.08. The van der Waals surface area contributed by atoms with Crippen molar-refractivity contribution in [1.82, 2.24) is 5.32 Å². The summed E-state index contributed by atoms with van der Waals surface area (Å²) in [4.78, 5) is 11.5. The van der Waals surface area contributed by atoms with Gasteiger partial charge in [0.2, 0.25) is 5.91 Å². The second kappa shape index (κ2) is 18.6. The Hall–Kier alpha value is -0.730. The first-order valence-electron chi connectivity index (χ1n) is 8.94. The summed E-state index contributed by atoms with van der Waals surface area (Å²) in [6, 6.07) is 0. The Morgan fingerprint density at radius 2 is 1.42 bits per heavy atom. The molecule has 0 rings (SSSR count). The van der Waals surface area contributed by atoms with E-state index in [0.29, 0.717) is 65.3 Å². The van der Waals surface area contributed by atoms with Crippen molar-refractivity contribution in [3.63, 3.8) is 0 Å². The molecule has 0 spiro atoms. The van der Waals surface area contributed by atoms with Gasteiger partial charge in [-0.05, 0) is 31.7 Å². The van der Waals surface area contributed by atoms with Gasteiger partial charge >= 0.3 is 0 Å². The van der Waals surface area contributed by atoms with Gasteiger partial charge in [0.25, 0.3) is 0 Å². The highest BCUT2D eigenvalue weighted by Crippen LogP contribution is 2.01. The van der Waals surface area contributed by atoms with E-state index < -0.39 is 0 Å². The van der Waals surface area contributed by atoms with E-state index in [1.165, 1.54) is 0 Å². The second-order valence-electron chi connectivity index (χ2n) is 5.92. The fraction of sp³-hybridized carbons (Fsp3) is 0.941. The number of ether oxygens (including phenoxy) is 4. The van der Waals surface area contributed by atoms with Crippen LogP contribution in [-0.4, -0.2) is 71.9 Å². The van der Waals surface area contributed by atoms with Crippen molar-refractivity contribution >= 4 is 5.91 Å². The minimum Gasteiger partial charge on any atom is -0.379 e. The van der Waals surface area contributed by atoms with E-state index in [1.807, 2.05) is 0 Å². The molecule has 0 aliphatic carbocycles. The Labute approximate surface area is 146 Å². The molecule has 0 aliphatic rings. The lowest BCUT2D eigenvalue weighted by molar-refractivity contribution is -0.126. The zero-order valence-corrected chi connectivity index (χ0v) is 15.4. The number of hydrogen-bond donors (Lipinski definition) is 2. The number of nitrogens with one attached hydrogen (secondary N) is 1. The van der Waals surface area contributed by atoms with E-state index in [1.54, 1.807) is 0 Å². The van der Waals surface area contributed by atoms with Crippen LogP contribution in [0.2, 0.25) is 0 Å². The first kappa shape index (κ1) is 23.3. The quantitative estimate of drug-likeness (QED) is 0.358. The van der Waals surface area contributed by atoms with Gasteiger partial charge < -0.3 is 30.0 Å². The van der Waals surface area contributed by atoms with Gasteiger partial charge in [-0.25, -0.2) is 0 Å². The van der Waals surface area contributed by atoms with E-state index in [9.17, 15) is 4.79 Å². The first-order valence-corrected chi connectivity index (χ1v) is 8.94. The molecule has 3 N–H and O–H groups in total. The summed E-state index contributed by atoms with van der Waals surface area (Å²) in [7, 11) is 0. The van der Waals surface area contributed by atoms with E-state index in [-0.39, 0.29) is 12.5 Å². The van der Waals surface area contributed by atoms with Crippen LogP contribution in [0.3, 0.4) is 0 Å². The Kier molecular flexibility index (Phi) is 18.0. The lowest BCUT2D eigenvalue weighted by Crippen LogP contribution is -2.29. The molecule has 1 amide bonds. The zero-order chi connectivity index (χ0) is 17.9. The van der Waals surface area contributed by atoms with Gasteiger partial charge in [0.05, 0.1) is 39.6 Å². The summed E-state index contributed by atoms with van der Waals surface area (Å²) < 4.78 is 21.2. The Morgan fingerprint density at radius 1 is 0.875 bits per heavy atom. The van der Waals surface area contributed by atoms with Crippen LogP contribution in [0.15, 0.2) is 0 Å². The monoisotopic (exact) mass is 348 g/mol. The number of nitrogens with two attached hydrogens (primary N) is 1. The predicted octanol–water partition coefficient (Wildman–Crippen LogP) is 0.954. The van der Waals surface area contributed by atoms with Crippen molar-refractivity contribution in [1.29, 1.82) is 0 Å². The maximum Gasteiger partial charge on any atom is 0.245 e. The molecular weight excluding hydrogens is 312 g/mol. The highest BCUT2D eigenvalue weighted by atomic mass is 16.6. The van der Waals surface area contributed by atoms with Crippen LogP contribution >= 0.6 is 0 Å². The van der Waals surface area contributed by atoms with Crippen LogP contribution in [0.25, 0.3) is 0 Å². The third-order valence-corrected chi connectivity index (χ3v) is 3.12. The van der Waals surface area contributed by atoms with E-state index in [4.69, 9.17) is 24.7 Å². The molecule has 7 heteroatoms. The summed E-state index contributed by atoms with van der Waals surface area (Å²) in [5.41, 5.74) is 5.35. The maximum atomic E-state index is 11.5. The van der Waals surface area contributed by atoms with E-state index in [0.717, 1.165) is 19.3 Å². The molecule has 0 atom stereocenters. The molecular formula is C17H36N2O5.